The smallest absolute Gasteiger partial charge is 0.293 e. The van der Waals surface area contributed by atoms with E-state index in [2.05, 4.69) is 0 Å². The molecule has 1 saturated heterocycles. The van der Waals surface area contributed by atoms with Crippen LogP contribution in [-0.2, 0) is 11.4 Å². The number of rotatable bonds is 7. The number of thioether (sulfide) groups is 1. The quantitative estimate of drug-likeness (QED) is 0.645. The van der Waals surface area contributed by atoms with Crippen LogP contribution < -0.4 is 14.6 Å². The van der Waals surface area contributed by atoms with E-state index in [1.54, 1.807) is 43.3 Å². The van der Waals surface area contributed by atoms with Crippen molar-refractivity contribution in [2.24, 2.45) is 0 Å². The van der Waals surface area contributed by atoms with Gasteiger partial charge >= 0.3 is 0 Å². The average molecular weight is 412 g/mol. The largest absolute Gasteiger partial charge is 0.545 e. The number of methoxy groups -OCH3 is 1. The number of carboxylic acids is 1. The normalized spacial score (nSPS) is 15.1. The first kappa shape index (κ1) is 20.5. The van der Waals surface area contributed by atoms with Crippen molar-refractivity contribution >= 4 is 35.0 Å². The maximum absolute atomic E-state index is 12.4. The number of carboxylic acid groups (broad SMARTS) is 1. The lowest BCUT2D eigenvalue weighted by atomic mass is 10.1. The Balaban J connectivity index is 1.90. The molecule has 1 aliphatic rings. The molecule has 3 rings (SSSR count). The van der Waals surface area contributed by atoms with Gasteiger partial charge in [0.15, 0.2) is 11.5 Å². The van der Waals surface area contributed by atoms with E-state index in [9.17, 15) is 19.5 Å². The van der Waals surface area contributed by atoms with Gasteiger partial charge in [0, 0.05) is 12.1 Å². The molecule has 1 aliphatic heterocycles. The average Bonchev–Trinajstić information content (AvgIpc) is 2.99. The lowest BCUT2D eigenvalue weighted by molar-refractivity contribution is -0.255. The van der Waals surface area contributed by atoms with E-state index in [-0.39, 0.29) is 23.3 Å². The molecule has 0 bridgehead atoms. The van der Waals surface area contributed by atoms with E-state index in [1.807, 2.05) is 0 Å². The number of likely N-dealkylation sites (N-methyl/N-ethyl adjacent to an activating group) is 1. The molecule has 8 heteroatoms. The molecule has 0 aromatic heterocycles. The monoisotopic (exact) mass is 412 g/mol. The summed E-state index contributed by atoms with van der Waals surface area (Å²) in [7, 11) is 1.49. The minimum absolute atomic E-state index is 0.0552. The highest BCUT2D eigenvalue weighted by atomic mass is 32.2. The van der Waals surface area contributed by atoms with Crippen LogP contribution in [0.5, 0.6) is 11.5 Å². The van der Waals surface area contributed by atoms with Crippen LogP contribution in [0.3, 0.4) is 0 Å². The third-order valence-corrected chi connectivity index (χ3v) is 5.16. The van der Waals surface area contributed by atoms with Gasteiger partial charge in [0.2, 0.25) is 0 Å². The summed E-state index contributed by atoms with van der Waals surface area (Å²) in [6.07, 6.45) is 1.59. The van der Waals surface area contributed by atoms with Crippen molar-refractivity contribution in [2.75, 3.05) is 13.7 Å². The number of imide groups is 1. The summed E-state index contributed by atoms with van der Waals surface area (Å²) >= 11 is 0.873. The van der Waals surface area contributed by atoms with Gasteiger partial charge in [-0.1, -0.05) is 30.3 Å². The Bertz CT molecular complexity index is 1000. The zero-order valence-electron chi connectivity index (χ0n) is 15.8. The highest BCUT2D eigenvalue weighted by molar-refractivity contribution is 8.18. The topological polar surface area (TPSA) is 96.0 Å². The van der Waals surface area contributed by atoms with Crippen LogP contribution in [0.1, 0.15) is 28.4 Å². The van der Waals surface area contributed by atoms with Gasteiger partial charge in [0.1, 0.15) is 6.61 Å². The Kier molecular flexibility index (Phi) is 6.23. The molecule has 150 valence electrons. The fraction of sp³-hybridized carbons (Fsp3) is 0.190. The van der Waals surface area contributed by atoms with Gasteiger partial charge in [0.05, 0.1) is 18.0 Å². The molecule has 0 saturated carbocycles. The van der Waals surface area contributed by atoms with E-state index in [0.717, 1.165) is 11.8 Å². The highest BCUT2D eigenvalue weighted by Crippen LogP contribution is 2.37. The van der Waals surface area contributed by atoms with Gasteiger partial charge in [-0.3, -0.25) is 14.5 Å². The second-order valence-corrected chi connectivity index (χ2v) is 7.07. The maximum Gasteiger partial charge on any atom is 0.293 e. The molecule has 0 unspecified atom stereocenters. The predicted octanol–water partition coefficient (Wildman–Crippen LogP) is 2.69. The van der Waals surface area contributed by atoms with E-state index in [1.165, 1.54) is 24.1 Å². The van der Waals surface area contributed by atoms with Crippen LogP contribution in [0, 0.1) is 0 Å². The summed E-state index contributed by atoms with van der Waals surface area (Å²) in [5.74, 6) is -0.781. The van der Waals surface area contributed by atoms with Gasteiger partial charge in [-0.2, -0.15) is 0 Å². The fourth-order valence-electron chi connectivity index (χ4n) is 2.82. The number of para-hydroxylation sites is 1. The fourth-order valence-corrected chi connectivity index (χ4v) is 3.71. The number of ether oxygens (including phenoxy) is 2. The molecule has 29 heavy (non-hydrogen) atoms. The Morgan fingerprint density at radius 2 is 1.97 bits per heavy atom. The molecular formula is C21H18NO6S-. The van der Waals surface area contributed by atoms with Crippen LogP contribution in [0.25, 0.3) is 6.08 Å². The van der Waals surface area contributed by atoms with Gasteiger partial charge in [0.25, 0.3) is 11.1 Å². The second-order valence-electron chi connectivity index (χ2n) is 6.08. The van der Waals surface area contributed by atoms with Crippen molar-refractivity contribution in [3.63, 3.8) is 0 Å². The van der Waals surface area contributed by atoms with Crippen LogP contribution in [0.4, 0.5) is 4.79 Å². The number of nitrogens with zero attached hydrogens (tertiary/aromatic N) is 1. The summed E-state index contributed by atoms with van der Waals surface area (Å²) in [4.78, 5) is 36.8. The molecule has 0 spiro atoms. The molecule has 2 amide bonds. The minimum Gasteiger partial charge on any atom is -0.545 e. The Morgan fingerprint density at radius 3 is 2.62 bits per heavy atom. The predicted molar refractivity (Wildman–Crippen MR) is 106 cm³/mol. The number of carbonyl (C=O) groups is 3. The lowest BCUT2D eigenvalue weighted by Crippen LogP contribution is -2.27. The molecule has 1 fully saturated rings. The van der Waals surface area contributed by atoms with Crippen molar-refractivity contribution in [1.82, 2.24) is 4.90 Å². The van der Waals surface area contributed by atoms with Gasteiger partial charge in [-0.05, 0) is 48.0 Å². The molecule has 0 aliphatic carbocycles. The third-order valence-electron chi connectivity index (χ3n) is 4.25. The van der Waals surface area contributed by atoms with Crippen molar-refractivity contribution < 1.29 is 29.0 Å². The first-order valence-electron chi connectivity index (χ1n) is 8.80. The molecular weight excluding hydrogens is 394 g/mol. The van der Waals surface area contributed by atoms with E-state index in [4.69, 9.17) is 9.47 Å². The number of amides is 2. The van der Waals surface area contributed by atoms with Gasteiger partial charge in [-0.25, -0.2) is 0 Å². The number of benzene rings is 2. The van der Waals surface area contributed by atoms with Gasteiger partial charge < -0.3 is 19.4 Å². The Morgan fingerprint density at radius 1 is 1.21 bits per heavy atom. The van der Waals surface area contributed by atoms with Crippen molar-refractivity contribution in [2.45, 2.75) is 13.5 Å². The van der Waals surface area contributed by atoms with Crippen LogP contribution in [0.15, 0.2) is 47.4 Å². The molecule has 0 atom stereocenters. The van der Waals surface area contributed by atoms with E-state index >= 15 is 0 Å². The summed E-state index contributed by atoms with van der Waals surface area (Å²) in [6, 6.07) is 11.5. The van der Waals surface area contributed by atoms with Crippen molar-refractivity contribution in [3.05, 3.63) is 64.1 Å². The van der Waals surface area contributed by atoms with Gasteiger partial charge in [-0.15, -0.1) is 0 Å². The van der Waals surface area contributed by atoms with Crippen molar-refractivity contribution in [3.8, 4) is 11.5 Å². The maximum atomic E-state index is 12.4. The van der Waals surface area contributed by atoms with Crippen LogP contribution in [0.2, 0.25) is 0 Å². The van der Waals surface area contributed by atoms with E-state index in [0.29, 0.717) is 34.1 Å². The minimum atomic E-state index is -1.27. The summed E-state index contributed by atoms with van der Waals surface area (Å²) in [5.41, 5.74) is 1.26. The summed E-state index contributed by atoms with van der Waals surface area (Å²) in [5, 5.41) is 10.7. The molecule has 0 N–H and O–H groups in total. The summed E-state index contributed by atoms with van der Waals surface area (Å²) in [6.45, 7) is 2.12. The summed E-state index contributed by atoms with van der Waals surface area (Å²) < 4.78 is 11.3. The van der Waals surface area contributed by atoms with Crippen LogP contribution in [-0.4, -0.2) is 35.7 Å². The number of aromatic carboxylic acids is 1. The molecule has 2 aromatic carbocycles. The first-order valence-corrected chi connectivity index (χ1v) is 9.61. The molecule has 0 radical (unpaired) electrons. The molecule has 1 heterocycles. The Hall–Kier alpha value is -3.26. The zero-order chi connectivity index (χ0) is 21.0. The zero-order valence-corrected chi connectivity index (χ0v) is 16.7. The Labute approximate surface area is 171 Å². The number of hydrogen-bond acceptors (Lipinski definition) is 7. The van der Waals surface area contributed by atoms with Crippen LogP contribution >= 0.6 is 11.8 Å². The number of hydrogen-bond donors (Lipinski definition) is 0. The third kappa shape index (κ3) is 4.43. The number of carbonyl (C=O) groups excluding carboxylic acids is 3. The lowest BCUT2D eigenvalue weighted by Gasteiger charge is -2.14. The standard InChI is InChI=1S/C21H19NO6S/c1-3-22-19(23)17(29-21(22)26)11-14-7-5-9-16(27-2)18(14)28-12-13-6-4-8-15(10-13)20(24)25/h4-11H,3,12H2,1-2H3,(H,24,25)/p-1/b17-11-. The van der Waals surface area contributed by atoms with Crippen molar-refractivity contribution in [1.29, 1.82) is 0 Å². The van der Waals surface area contributed by atoms with E-state index < -0.39 is 5.97 Å². The first-order chi connectivity index (χ1) is 13.9. The molecule has 7 nitrogen and oxygen atoms in total. The highest BCUT2D eigenvalue weighted by Gasteiger charge is 2.34. The SMILES string of the molecule is CCN1C(=O)S/C(=C\c2cccc(OC)c2OCc2cccc(C(=O)[O-])c2)C1=O. The molecule has 2 aromatic rings. The second kappa shape index (κ2) is 8.83.